The molecule has 0 aliphatic heterocycles. The molecule has 4 rings (SSSR count). The lowest BCUT2D eigenvalue weighted by Crippen LogP contribution is -2.36. The molecule has 4 aromatic rings. The summed E-state index contributed by atoms with van der Waals surface area (Å²) in [6.45, 7) is 3.89. The Bertz CT molecular complexity index is 1580. The Morgan fingerprint density at radius 2 is 1.76 bits per heavy atom. The zero-order chi connectivity index (χ0) is 26.6. The van der Waals surface area contributed by atoms with E-state index in [1.54, 1.807) is 48.5 Å². The van der Waals surface area contributed by atoms with Crippen LogP contribution in [0.1, 0.15) is 42.5 Å². The first-order valence-electron chi connectivity index (χ1n) is 11.8. The van der Waals surface area contributed by atoms with Gasteiger partial charge in [-0.2, -0.15) is 4.72 Å². The lowest BCUT2D eigenvalue weighted by Gasteiger charge is -2.19. The first-order chi connectivity index (χ1) is 17.7. The largest absolute Gasteiger partial charge is 0.423 e. The monoisotopic (exact) mass is 539 g/mol. The van der Waals surface area contributed by atoms with Crippen LogP contribution in [0.3, 0.4) is 0 Å². The van der Waals surface area contributed by atoms with Crippen molar-refractivity contribution >= 4 is 38.6 Å². The average Bonchev–Trinajstić information content (AvgIpc) is 2.87. The number of rotatable bonds is 9. The molecule has 0 saturated carbocycles. The maximum atomic E-state index is 13.3. The van der Waals surface area contributed by atoms with E-state index in [1.165, 1.54) is 24.3 Å². The molecule has 0 fully saturated rings. The zero-order valence-electron chi connectivity index (χ0n) is 20.4. The minimum atomic E-state index is -4.07. The summed E-state index contributed by atoms with van der Waals surface area (Å²) in [5.41, 5.74) is 1.77. The number of sulfonamides is 1. The summed E-state index contributed by atoms with van der Waals surface area (Å²) in [7, 11) is -4.07. The highest BCUT2D eigenvalue weighted by molar-refractivity contribution is 7.89. The summed E-state index contributed by atoms with van der Waals surface area (Å²) < 4.78 is 39.5. The van der Waals surface area contributed by atoms with Gasteiger partial charge in [0.2, 0.25) is 10.0 Å². The number of hydrogen-bond donors (Lipinski definition) is 1. The summed E-state index contributed by atoms with van der Waals surface area (Å²) >= 11 is 6.45. The van der Waals surface area contributed by atoms with E-state index >= 15 is 0 Å². The number of ether oxygens (including phenoxy) is 1. The Balaban J connectivity index is 1.69. The van der Waals surface area contributed by atoms with E-state index in [2.05, 4.69) is 4.72 Å². The number of unbranched alkanes of at least 4 members (excludes halogenated alkanes) is 1. The zero-order valence-corrected chi connectivity index (χ0v) is 21.9. The van der Waals surface area contributed by atoms with Gasteiger partial charge in [0.15, 0.2) is 5.75 Å². The van der Waals surface area contributed by atoms with Gasteiger partial charge in [-0.3, -0.25) is 0 Å². The third-order valence-corrected chi connectivity index (χ3v) is 7.60. The molecule has 0 radical (unpaired) electrons. The third kappa shape index (κ3) is 6.28. The normalized spacial score (nSPS) is 12.4. The van der Waals surface area contributed by atoms with Crippen molar-refractivity contribution in [3.8, 4) is 5.75 Å². The van der Waals surface area contributed by atoms with Gasteiger partial charge in [-0.1, -0.05) is 73.0 Å². The molecule has 1 heterocycles. The summed E-state index contributed by atoms with van der Waals surface area (Å²) in [5.74, 6) is -0.946. The number of esters is 1. The summed E-state index contributed by atoms with van der Waals surface area (Å²) in [6, 6.07) is 17.7. The third-order valence-electron chi connectivity index (χ3n) is 5.87. The van der Waals surface area contributed by atoms with E-state index in [-0.39, 0.29) is 21.3 Å². The van der Waals surface area contributed by atoms with Crippen LogP contribution >= 0.6 is 11.6 Å². The summed E-state index contributed by atoms with van der Waals surface area (Å²) in [5, 5.41) is 0.776. The van der Waals surface area contributed by atoms with Crippen LogP contribution in [0.25, 0.3) is 11.0 Å². The van der Waals surface area contributed by atoms with Crippen molar-refractivity contribution in [3.05, 3.63) is 105 Å². The SMILES string of the molecule is CCCCc1cc(=O)oc2cc(OC(=O)C(NS(=O)(=O)c3ccc(C)cc3)c3ccccc3)c(Cl)cc12. The van der Waals surface area contributed by atoms with Crippen LogP contribution in [0.15, 0.2) is 86.9 Å². The average molecular weight is 540 g/mol. The van der Waals surface area contributed by atoms with Crippen LogP contribution in [-0.4, -0.2) is 14.4 Å². The number of benzene rings is 3. The van der Waals surface area contributed by atoms with E-state index in [9.17, 15) is 18.0 Å². The van der Waals surface area contributed by atoms with Gasteiger partial charge in [-0.05, 0) is 49.1 Å². The highest BCUT2D eigenvalue weighted by Crippen LogP contribution is 2.33. The van der Waals surface area contributed by atoms with E-state index in [0.29, 0.717) is 17.4 Å². The minimum absolute atomic E-state index is 0.0111. The van der Waals surface area contributed by atoms with Crippen molar-refractivity contribution in [2.24, 2.45) is 0 Å². The molecular formula is C28H26ClNO6S. The predicted molar refractivity (Wildman–Crippen MR) is 142 cm³/mol. The number of nitrogens with one attached hydrogen (secondary N) is 1. The van der Waals surface area contributed by atoms with E-state index < -0.39 is 27.7 Å². The van der Waals surface area contributed by atoms with E-state index in [0.717, 1.165) is 24.0 Å². The van der Waals surface area contributed by atoms with Crippen molar-refractivity contribution in [1.29, 1.82) is 0 Å². The highest BCUT2D eigenvalue weighted by Gasteiger charge is 2.29. The minimum Gasteiger partial charge on any atom is -0.423 e. The Kier molecular flexibility index (Phi) is 8.12. The van der Waals surface area contributed by atoms with Gasteiger partial charge in [0.05, 0.1) is 9.92 Å². The van der Waals surface area contributed by atoms with Crippen molar-refractivity contribution in [2.45, 2.75) is 44.0 Å². The molecule has 0 amide bonds. The molecule has 1 N–H and O–H groups in total. The van der Waals surface area contributed by atoms with Gasteiger partial charge in [-0.25, -0.2) is 18.0 Å². The standard InChI is InChI=1S/C28H26ClNO6S/c1-3-4-8-20-15-26(31)35-24-17-25(23(29)16-22(20)24)36-28(32)27(19-9-6-5-7-10-19)30-37(33,34)21-13-11-18(2)12-14-21/h5-7,9-17,27,30H,3-4,8H2,1-2H3. The van der Waals surface area contributed by atoms with Crippen molar-refractivity contribution in [3.63, 3.8) is 0 Å². The fraction of sp³-hybridized carbons (Fsp3) is 0.214. The Labute approximate surface area is 220 Å². The first-order valence-corrected chi connectivity index (χ1v) is 13.7. The molecule has 1 aromatic heterocycles. The number of hydrogen-bond acceptors (Lipinski definition) is 6. The van der Waals surface area contributed by atoms with Gasteiger partial charge in [0.25, 0.3) is 0 Å². The van der Waals surface area contributed by atoms with Crippen LogP contribution in [0.4, 0.5) is 0 Å². The van der Waals surface area contributed by atoms with Crippen LogP contribution < -0.4 is 15.1 Å². The Morgan fingerprint density at radius 3 is 2.43 bits per heavy atom. The molecule has 37 heavy (non-hydrogen) atoms. The molecule has 3 aromatic carbocycles. The number of aryl methyl sites for hydroxylation is 2. The number of carbonyl (C=O) groups excluding carboxylic acids is 1. The van der Waals surface area contributed by atoms with Gasteiger partial charge >= 0.3 is 11.6 Å². The molecule has 1 unspecified atom stereocenters. The molecule has 1 atom stereocenters. The second-order valence-electron chi connectivity index (χ2n) is 8.67. The second-order valence-corrected chi connectivity index (χ2v) is 10.8. The Morgan fingerprint density at radius 1 is 1.05 bits per heavy atom. The number of halogens is 1. The van der Waals surface area contributed by atoms with Crippen LogP contribution in [0.2, 0.25) is 5.02 Å². The van der Waals surface area contributed by atoms with Gasteiger partial charge in [-0.15, -0.1) is 0 Å². The second kappa shape index (κ2) is 11.3. The molecule has 0 spiro atoms. The molecule has 0 saturated heterocycles. The van der Waals surface area contributed by atoms with Gasteiger partial charge < -0.3 is 9.15 Å². The van der Waals surface area contributed by atoms with E-state index in [4.69, 9.17) is 20.8 Å². The quantitative estimate of drug-likeness (QED) is 0.166. The molecule has 9 heteroatoms. The van der Waals surface area contributed by atoms with Crippen molar-refractivity contribution in [1.82, 2.24) is 4.72 Å². The molecule has 192 valence electrons. The lowest BCUT2D eigenvalue weighted by atomic mass is 10.0. The maximum absolute atomic E-state index is 13.3. The first kappa shape index (κ1) is 26.6. The smallest absolute Gasteiger partial charge is 0.336 e. The van der Waals surface area contributed by atoms with Crippen molar-refractivity contribution < 1.29 is 22.4 Å². The number of carbonyl (C=O) groups is 1. The highest BCUT2D eigenvalue weighted by atomic mass is 35.5. The summed E-state index contributed by atoms with van der Waals surface area (Å²) in [6.07, 6.45) is 2.50. The van der Waals surface area contributed by atoms with Crippen LogP contribution in [-0.2, 0) is 21.2 Å². The Hall–Kier alpha value is -3.46. The molecule has 0 aliphatic rings. The van der Waals surface area contributed by atoms with Crippen LogP contribution in [0, 0.1) is 6.92 Å². The molecular weight excluding hydrogens is 514 g/mol. The predicted octanol–water partition coefficient (Wildman–Crippen LogP) is 5.72. The maximum Gasteiger partial charge on any atom is 0.336 e. The van der Waals surface area contributed by atoms with Crippen molar-refractivity contribution in [2.75, 3.05) is 0 Å². The lowest BCUT2D eigenvalue weighted by molar-refractivity contribution is -0.136. The topological polar surface area (TPSA) is 103 Å². The van der Waals surface area contributed by atoms with Gasteiger partial charge in [0, 0.05) is 17.5 Å². The fourth-order valence-electron chi connectivity index (χ4n) is 3.89. The molecule has 0 bridgehead atoms. The van der Waals surface area contributed by atoms with E-state index in [1.807, 2.05) is 13.8 Å². The summed E-state index contributed by atoms with van der Waals surface area (Å²) in [4.78, 5) is 25.5. The molecule has 0 aliphatic carbocycles. The number of fused-ring (bicyclic) bond motifs is 1. The van der Waals surface area contributed by atoms with Gasteiger partial charge in [0.1, 0.15) is 11.6 Å². The van der Waals surface area contributed by atoms with Crippen LogP contribution in [0.5, 0.6) is 5.75 Å². The fourth-order valence-corrected chi connectivity index (χ4v) is 5.26. The molecule has 7 nitrogen and oxygen atoms in total.